The van der Waals surface area contributed by atoms with Crippen LogP contribution in [0.25, 0.3) is 0 Å². The van der Waals surface area contributed by atoms with Crippen LogP contribution in [0.2, 0.25) is 0 Å². The van der Waals surface area contributed by atoms with E-state index in [1.165, 1.54) is 19.3 Å². The van der Waals surface area contributed by atoms with Crippen molar-refractivity contribution in [3.8, 4) is 0 Å². The Morgan fingerprint density at radius 1 is 1.06 bits per heavy atom. The molecule has 0 heteroatoms. The van der Waals surface area contributed by atoms with E-state index in [1.807, 2.05) is 0 Å². The Morgan fingerprint density at radius 2 is 1.71 bits per heavy atom. The average Bonchev–Trinajstić information content (AvgIpc) is 2.97. The van der Waals surface area contributed by atoms with Crippen molar-refractivity contribution in [3.05, 3.63) is 0 Å². The highest BCUT2D eigenvalue weighted by molar-refractivity contribution is 5.12. The van der Waals surface area contributed by atoms with Gasteiger partial charge in [-0.2, -0.15) is 0 Å². The standard InChI is InChI=1S/C17H30/c1-4-5-6-12(2)13(3)9-17-10-14-7-16(17)8-15(14)11-17/h12-16H,4-11H2,1-3H3/t12-,13?,14?,15?,16?,17?/m0/s1. The predicted molar refractivity (Wildman–Crippen MR) is 73.8 cm³/mol. The summed E-state index contributed by atoms with van der Waals surface area (Å²) in [4.78, 5) is 0. The zero-order chi connectivity index (χ0) is 12.0. The van der Waals surface area contributed by atoms with Crippen LogP contribution in [0, 0.1) is 35.0 Å². The van der Waals surface area contributed by atoms with Crippen LogP contribution in [0.5, 0.6) is 0 Å². The maximum atomic E-state index is 2.54. The minimum atomic E-state index is 0.842. The Bertz CT molecular complexity index is 266. The molecule has 0 N–H and O–H groups in total. The molecule has 0 saturated heterocycles. The molecule has 0 aromatic rings. The fraction of sp³-hybridized carbons (Fsp3) is 1.00. The van der Waals surface area contributed by atoms with E-state index in [4.69, 9.17) is 0 Å². The van der Waals surface area contributed by atoms with Gasteiger partial charge in [-0.05, 0) is 67.1 Å². The molecule has 0 spiro atoms. The minimum Gasteiger partial charge on any atom is -0.0654 e. The lowest BCUT2D eigenvalue weighted by Gasteiger charge is -2.34. The third-order valence-corrected chi connectivity index (χ3v) is 6.76. The first-order chi connectivity index (χ1) is 8.14. The van der Waals surface area contributed by atoms with E-state index in [0.29, 0.717) is 0 Å². The monoisotopic (exact) mass is 234 g/mol. The Labute approximate surface area is 108 Å². The van der Waals surface area contributed by atoms with Gasteiger partial charge in [-0.3, -0.25) is 0 Å². The molecule has 0 aromatic heterocycles. The molecule has 0 aromatic carbocycles. The number of hydrogen-bond donors (Lipinski definition) is 0. The van der Waals surface area contributed by atoms with E-state index in [-0.39, 0.29) is 0 Å². The van der Waals surface area contributed by atoms with Crippen molar-refractivity contribution < 1.29 is 0 Å². The van der Waals surface area contributed by atoms with Crippen LogP contribution < -0.4 is 0 Å². The summed E-state index contributed by atoms with van der Waals surface area (Å²) in [7, 11) is 0. The smallest absolute Gasteiger partial charge is 0.0261 e. The van der Waals surface area contributed by atoms with Crippen LogP contribution in [-0.2, 0) is 0 Å². The highest BCUT2D eigenvalue weighted by Gasteiger charge is 2.62. The molecular formula is C17H30. The Kier molecular flexibility index (Phi) is 3.04. The van der Waals surface area contributed by atoms with Crippen LogP contribution in [0.15, 0.2) is 0 Å². The quantitative estimate of drug-likeness (QED) is 0.587. The van der Waals surface area contributed by atoms with Crippen LogP contribution in [0.4, 0.5) is 0 Å². The molecule has 0 heterocycles. The van der Waals surface area contributed by atoms with Gasteiger partial charge in [0.25, 0.3) is 0 Å². The van der Waals surface area contributed by atoms with Gasteiger partial charge < -0.3 is 0 Å². The van der Waals surface area contributed by atoms with Crippen molar-refractivity contribution in [2.45, 2.75) is 72.1 Å². The maximum Gasteiger partial charge on any atom is -0.0261 e. The van der Waals surface area contributed by atoms with Crippen molar-refractivity contribution in [3.63, 3.8) is 0 Å². The van der Waals surface area contributed by atoms with E-state index in [0.717, 1.165) is 35.0 Å². The molecule has 0 nitrogen and oxygen atoms in total. The first-order valence-corrected chi connectivity index (χ1v) is 8.14. The summed E-state index contributed by atoms with van der Waals surface area (Å²) < 4.78 is 0. The van der Waals surface area contributed by atoms with Gasteiger partial charge in [-0.15, -0.1) is 0 Å². The van der Waals surface area contributed by atoms with E-state index >= 15 is 0 Å². The molecule has 4 fully saturated rings. The van der Waals surface area contributed by atoms with Gasteiger partial charge in [-0.25, -0.2) is 0 Å². The lowest BCUT2D eigenvalue weighted by Crippen LogP contribution is -2.25. The van der Waals surface area contributed by atoms with Gasteiger partial charge in [0, 0.05) is 0 Å². The molecule has 3 unspecified atom stereocenters. The predicted octanol–water partition coefficient (Wildman–Crippen LogP) is 5.28. The Morgan fingerprint density at radius 3 is 2.18 bits per heavy atom. The first-order valence-electron chi connectivity index (χ1n) is 8.14. The normalized spacial score (nSPS) is 45.7. The molecule has 4 atom stereocenters. The van der Waals surface area contributed by atoms with Gasteiger partial charge in [0.05, 0.1) is 0 Å². The highest BCUT2D eigenvalue weighted by Crippen LogP contribution is 2.72. The fourth-order valence-electron chi connectivity index (χ4n) is 5.66. The molecule has 17 heavy (non-hydrogen) atoms. The van der Waals surface area contributed by atoms with E-state index in [9.17, 15) is 0 Å². The minimum absolute atomic E-state index is 0.842. The molecule has 4 saturated carbocycles. The van der Waals surface area contributed by atoms with Gasteiger partial charge in [0.2, 0.25) is 0 Å². The molecule has 0 amide bonds. The van der Waals surface area contributed by atoms with Crippen molar-refractivity contribution in [1.82, 2.24) is 0 Å². The van der Waals surface area contributed by atoms with Crippen molar-refractivity contribution in [2.75, 3.05) is 0 Å². The largest absolute Gasteiger partial charge is 0.0654 e. The van der Waals surface area contributed by atoms with E-state index in [1.54, 1.807) is 32.1 Å². The summed E-state index contributed by atoms with van der Waals surface area (Å²) in [5.41, 5.74) is 0.842. The van der Waals surface area contributed by atoms with Crippen LogP contribution in [0.3, 0.4) is 0 Å². The molecule has 4 rings (SSSR count). The first kappa shape index (κ1) is 12.1. The summed E-state index contributed by atoms with van der Waals surface area (Å²) in [5.74, 6) is 5.41. The third kappa shape index (κ3) is 1.87. The second kappa shape index (κ2) is 4.28. The van der Waals surface area contributed by atoms with Gasteiger partial charge in [0.1, 0.15) is 0 Å². The van der Waals surface area contributed by atoms with Gasteiger partial charge in [-0.1, -0.05) is 40.0 Å². The summed E-state index contributed by atoms with van der Waals surface area (Å²) in [6.07, 6.45) is 12.3. The second-order valence-electron chi connectivity index (χ2n) is 7.76. The average molecular weight is 234 g/mol. The Hall–Kier alpha value is 0. The zero-order valence-corrected chi connectivity index (χ0v) is 12.0. The summed E-state index contributed by atoms with van der Waals surface area (Å²) in [6.45, 7) is 7.37. The molecule has 4 bridgehead atoms. The topological polar surface area (TPSA) is 0 Å². The van der Waals surface area contributed by atoms with Crippen molar-refractivity contribution in [2.24, 2.45) is 35.0 Å². The summed E-state index contributed by atoms with van der Waals surface area (Å²) in [6, 6.07) is 0. The molecule has 0 radical (unpaired) electrons. The number of hydrogen-bond acceptors (Lipinski definition) is 0. The highest BCUT2D eigenvalue weighted by atomic mass is 14.7. The molecule has 98 valence electrons. The second-order valence-corrected chi connectivity index (χ2v) is 7.76. The lowest BCUT2D eigenvalue weighted by atomic mass is 9.71. The van der Waals surface area contributed by atoms with Crippen molar-refractivity contribution >= 4 is 0 Å². The molecule has 4 aliphatic carbocycles. The summed E-state index contributed by atoms with van der Waals surface area (Å²) >= 11 is 0. The summed E-state index contributed by atoms with van der Waals surface area (Å²) in [5, 5.41) is 0. The number of rotatable bonds is 6. The van der Waals surface area contributed by atoms with E-state index in [2.05, 4.69) is 20.8 Å². The lowest BCUT2D eigenvalue weighted by molar-refractivity contribution is 0.159. The SMILES string of the molecule is CCCC[C@H](C)C(C)CC12CC3CC1CC3C2. The maximum absolute atomic E-state index is 2.54. The van der Waals surface area contributed by atoms with E-state index < -0.39 is 0 Å². The molecular weight excluding hydrogens is 204 g/mol. The zero-order valence-electron chi connectivity index (χ0n) is 12.0. The Balaban J connectivity index is 1.57. The number of unbranched alkanes of at least 4 members (excludes halogenated alkanes) is 1. The molecule has 0 aliphatic heterocycles. The van der Waals surface area contributed by atoms with Crippen LogP contribution >= 0.6 is 0 Å². The van der Waals surface area contributed by atoms with Crippen LogP contribution in [0.1, 0.15) is 72.1 Å². The van der Waals surface area contributed by atoms with Gasteiger partial charge >= 0.3 is 0 Å². The van der Waals surface area contributed by atoms with Gasteiger partial charge in [0.15, 0.2) is 0 Å². The third-order valence-electron chi connectivity index (χ3n) is 6.76. The fourth-order valence-corrected chi connectivity index (χ4v) is 5.66. The van der Waals surface area contributed by atoms with Crippen molar-refractivity contribution in [1.29, 1.82) is 0 Å². The van der Waals surface area contributed by atoms with Crippen LogP contribution in [-0.4, -0.2) is 0 Å². The molecule has 4 aliphatic rings.